The maximum Gasteiger partial charge on any atom is 0.410 e. The summed E-state index contributed by atoms with van der Waals surface area (Å²) in [7, 11) is 0. The summed E-state index contributed by atoms with van der Waals surface area (Å²) in [5.41, 5.74) is 2.25. The number of piperidine rings is 1. The van der Waals surface area contributed by atoms with Crippen molar-refractivity contribution in [2.24, 2.45) is 0 Å². The fraction of sp³-hybridized carbons (Fsp3) is 0.533. The molecule has 0 radical (unpaired) electrons. The largest absolute Gasteiger partial charge is 0.491 e. The van der Waals surface area contributed by atoms with Crippen LogP contribution in [-0.2, 0) is 20.9 Å². The Balaban J connectivity index is 1.43. The number of amides is 2. The number of ether oxygens (including phenoxy) is 3. The number of fused-ring (bicyclic) bond motifs is 3. The summed E-state index contributed by atoms with van der Waals surface area (Å²) in [5.74, 6) is 1.55. The number of carbonyl (C=O) groups is 2. The third kappa shape index (κ3) is 7.04. The minimum absolute atomic E-state index is 0.0995. The predicted octanol–water partition coefficient (Wildman–Crippen LogP) is 4.09. The number of nitrogens with zero attached hydrogens (tertiary/aromatic N) is 5. The lowest BCUT2D eigenvalue weighted by atomic mass is 9.96. The third-order valence-electron chi connectivity index (χ3n) is 7.02. The summed E-state index contributed by atoms with van der Waals surface area (Å²) >= 11 is 0. The van der Waals surface area contributed by atoms with Crippen molar-refractivity contribution in [3.05, 3.63) is 36.5 Å². The van der Waals surface area contributed by atoms with E-state index in [1.165, 1.54) is 4.90 Å². The molecule has 2 N–H and O–H groups in total. The second kappa shape index (κ2) is 12.8. The molecule has 5 rings (SSSR count). The SMILES string of the molecule is CCCOCc1ncc(-c2ccc3ncc4nc3c2OCCCNC(=O)C2CC(CCN2C(=O)OC(C)(C)C)N4)cn1. The van der Waals surface area contributed by atoms with Gasteiger partial charge in [0.15, 0.2) is 11.6 Å². The average Bonchev–Trinajstić information content (AvgIpc) is 2.96. The summed E-state index contributed by atoms with van der Waals surface area (Å²) < 4.78 is 17.5. The van der Waals surface area contributed by atoms with Crippen molar-refractivity contribution in [2.75, 3.05) is 31.6 Å². The van der Waals surface area contributed by atoms with Gasteiger partial charge >= 0.3 is 6.09 Å². The van der Waals surface area contributed by atoms with Gasteiger partial charge in [0.05, 0.1) is 18.3 Å². The number of likely N-dealkylation sites (tertiary alicyclic amines) is 1. The van der Waals surface area contributed by atoms with Crippen molar-refractivity contribution in [1.29, 1.82) is 0 Å². The van der Waals surface area contributed by atoms with Crippen LogP contribution in [0, 0.1) is 0 Å². The summed E-state index contributed by atoms with van der Waals surface area (Å²) in [5, 5.41) is 6.43. The predicted molar refractivity (Wildman–Crippen MR) is 157 cm³/mol. The van der Waals surface area contributed by atoms with Gasteiger partial charge in [-0.2, -0.15) is 0 Å². The molecule has 12 nitrogen and oxygen atoms in total. The highest BCUT2D eigenvalue weighted by Crippen LogP contribution is 2.36. The van der Waals surface area contributed by atoms with E-state index in [-0.39, 0.29) is 11.9 Å². The molecule has 2 amide bonds. The van der Waals surface area contributed by atoms with Crippen LogP contribution in [0.15, 0.2) is 30.7 Å². The molecular weight excluding hydrogens is 538 g/mol. The number of benzene rings is 1. The van der Waals surface area contributed by atoms with E-state index in [0.29, 0.717) is 80.6 Å². The topological polar surface area (TPSA) is 141 Å². The van der Waals surface area contributed by atoms with Crippen LogP contribution in [0.5, 0.6) is 5.75 Å². The van der Waals surface area contributed by atoms with Crippen LogP contribution in [0.4, 0.5) is 10.6 Å². The molecule has 0 saturated carbocycles. The van der Waals surface area contributed by atoms with E-state index in [2.05, 4.69) is 32.5 Å². The van der Waals surface area contributed by atoms with Crippen molar-refractivity contribution in [3.63, 3.8) is 0 Å². The lowest BCUT2D eigenvalue weighted by molar-refractivity contribution is -0.127. The van der Waals surface area contributed by atoms with Crippen LogP contribution >= 0.6 is 0 Å². The zero-order chi connectivity index (χ0) is 29.7. The van der Waals surface area contributed by atoms with Crippen molar-refractivity contribution < 1.29 is 23.8 Å². The third-order valence-corrected chi connectivity index (χ3v) is 7.02. The van der Waals surface area contributed by atoms with Gasteiger partial charge in [0.25, 0.3) is 0 Å². The maximum absolute atomic E-state index is 13.3. The number of nitrogens with one attached hydrogen (secondary N) is 2. The molecule has 1 fully saturated rings. The Kier molecular flexibility index (Phi) is 9.00. The number of rotatable bonds is 5. The zero-order valence-electron chi connectivity index (χ0n) is 24.7. The minimum Gasteiger partial charge on any atom is -0.491 e. The molecule has 4 heterocycles. The highest BCUT2D eigenvalue weighted by Gasteiger charge is 2.38. The molecule has 12 heteroatoms. The molecule has 2 aromatic heterocycles. The van der Waals surface area contributed by atoms with E-state index < -0.39 is 17.7 Å². The Morgan fingerprint density at radius 1 is 1.17 bits per heavy atom. The van der Waals surface area contributed by atoms with Gasteiger partial charge in [-0.1, -0.05) is 6.92 Å². The van der Waals surface area contributed by atoms with Gasteiger partial charge in [0.2, 0.25) is 5.91 Å². The number of aromatic nitrogens is 4. The Bertz CT molecular complexity index is 1410. The smallest absolute Gasteiger partial charge is 0.410 e. The molecule has 1 saturated heterocycles. The van der Waals surface area contributed by atoms with Crippen molar-refractivity contribution in [3.8, 4) is 16.9 Å². The quantitative estimate of drug-likeness (QED) is 0.426. The van der Waals surface area contributed by atoms with Crippen LogP contribution in [-0.4, -0.2) is 80.8 Å². The first-order valence-corrected chi connectivity index (χ1v) is 14.6. The molecule has 42 heavy (non-hydrogen) atoms. The lowest BCUT2D eigenvalue weighted by Gasteiger charge is -2.39. The molecule has 2 aliphatic rings. The van der Waals surface area contributed by atoms with E-state index in [1.54, 1.807) is 18.6 Å². The van der Waals surface area contributed by atoms with Crippen LogP contribution in [0.3, 0.4) is 0 Å². The monoisotopic (exact) mass is 577 g/mol. The van der Waals surface area contributed by atoms with Gasteiger partial charge in [-0.15, -0.1) is 0 Å². The summed E-state index contributed by atoms with van der Waals surface area (Å²) in [6.45, 7) is 9.63. The fourth-order valence-electron chi connectivity index (χ4n) is 5.04. The van der Waals surface area contributed by atoms with Gasteiger partial charge in [0.1, 0.15) is 29.6 Å². The summed E-state index contributed by atoms with van der Waals surface area (Å²) in [6.07, 6.45) is 7.25. The first kappa shape index (κ1) is 29.4. The summed E-state index contributed by atoms with van der Waals surface area (Å²) in [6, 6.07) is 3.08. The Labute approximate surface area is 245 Å². The van der Waals surface area contributed by atoms with Gasteiger partial charge < -0.3 is 24.8 Å². The molecule has 3 aromatic rings. The Morgan fingerprint density at radius 3 is 2.74 bits per heavy atom. The van der Waals surface area contributed by atoms with E-state index in [0.717, 1.165) is 17.5 Å². The van der Waals surface area contributed by atoms with Crippen LogP contribution < -0.4 is 15.4 Å². The van der Waals surface area contributed by atoms with Gasteiger partial charge in [0, 0.05) is 49.3 Å². The zero-order valence-corrected chi connectivity index (χ0v) is 24.7. The van der Waals surface area contributed by atoms with Crippen molar-refractivity contribution in [1.82, 2.24) is 30.2 Å². The Morgan fingerprint density at radius 2 is 1.98 bits per heavy atom. The normalized spacial score (nSPS) is 19.4. The molecule has 2 unspecified atom stereocenters. The molecule has 1 aromatic carbocycles. The molecular formula is C30H39N7O5. The average molecular weight is 578 g/mol. The Hall–Kier alpha value is -4.06. The molecule has 4 bridgehead atoms. The van der Waals surface area contributed by atoms with Crippen molar-refractivity contribution >= 4 is 28.9 Å². The second-order valence-corrected chi connectivity index (χ2v) is 11.6. The van der Waals surface area contributed by atoms with Crippen LogP contribution in [0.25, 0.3) is 22.2 Å². The first-order chi connectivity index (χ1) is 20.2. The number of hydrogen-bond donors (Lipinski definition) is 2. The molecule has 0 spiro atoms. The number of hydrogen-bond acceptors (Lipinski definition) is 10. The molecule has 0 aliphatic carbocycles. The van der Waals surface area contributed by atoms with Gasteiger partial charge in [-0.05, 0) is 58.6 Å². The fourth-order valence-corrected chi connectivity index (χ4v) is 5.04. The molecule has 224 valence electrons. The van der Waals surface area contributed by atoms with E-state index in [4.69, 9.17) is 19.2 Å². The van der Waals surface area contributed by atoms with Crippen LogP contribution in [0.1, 0.15) is 59.2 Å². The van der Waals surface area contributed by atoms with E-state index >= 15 is 0 Å². The van der Waals surface area contributed by atoms with Gasteiger partial charge in [-0.25, -0.2) is 19.7 Å². The maximum atomic E-state index is 13.3. The molecule has 2 aliphatic heterocycles. The first-order valence-electron chi connectivity index (χ1n) is 14.6. The summed E-state index contributed by atoms with van der Waals surface area (Å²) in [4.78, 5) is 46.3. The standard InChI is InChI=1S/C30H39N7O5/c1-5-12-40-18-25-33-15-19(16-34-25)21-7-8-22-26-27(21)41-13-6-10-31-28(38)23-14-20(35-24(36-26)17-32-22)9-11-37(23)29(39)42-30(2,3)4/h7-8,15-17,20,23H,5-6,9-14,18H2,1-4H3,(H,31,38)(H,35,36). The van der Waals surface area contributed by atoms with E-state index in [9.17, 15) is 9.59 Å². The lowest BCUT2D eigenvalue weighted by Crippen LogP contribution is -2.56. The minimum atomic E-state index is -0.666. The van der Waals surface area contributed by atoms with Crippen molar-refractivity contribution in [2.45, 2.75) is 77.7 Å². The number of anilines is 1. The second-order valence-electron chi connectivity index (χ2n) is 11.6. The number of carbonyl (C=O) groups excluding carboxylic acids is 2. The van der Waals surface area contributed by atoms with E-state index in [1.807, 2.05) is 32.9 Å². The molecule has 2 atom stereocenters. The van der Waals surface area contributed by atoms with Crippen LogP contribution in [0.2, 0.25) is 0 Å². The highest BCUT2D eigenvalue weighted by atomic mass is 16.6. The highest BCUT2D eigenvalue weighted by molar-refractivity contribution is 5.91. The van der Waals surface area contributed by atoms with Gasteiger partial charge in [-0.3, -0.25) is 14.7 Å².